The first-order valence-corrected chi connectivity index (χ1v) is 6.13. The molecule has 4 nitrogen and oxygen atoms in total. The van der Waals surface area contributed by atoms with Crippen LogP contribution in [-0.2, 0) is 9.31 Å². The van der Waals surface area contributed by atoms with Crippen molar-refractivity contribution in [1.82, 2.24) is 0 Å². The van der Waals surface area contributed by atoms with Crippen LogP contribution in [0, 0.1) is 11.6 Å². The Labute approximate surface area is 115 Å². The molecule has 1 aliphatic rings. The molecular weight excluding hydrogens is 269 g/mol. The third kappa shape index (κ3) is 2.31. The van der Waals surface area contributed by atoms with E-state index in [1.54, 1.807) is 0 Å². The Morgan fingerprint density at radius 3 is 1.85 bits per heavy atom. The van der Waals surface area contributed by atoms with Crippen LogP contribution in [0.4, 0.5) is 8.78 Å². The molecule has 2 rings (SSSR count). The number of hydrogen-bond donors (Lipinski definition) is 1. The van der Waals surface area contributed by atoms with Crippen LogP contribution in [0.3, 0.4) is 0 Å². The van der Waals surface area contributed by atoms with Gasteiger partial charge in [-0.3, -0.25) is 0 Å². The maximum atomic E-state index is 13.7. The van der Waals surface area contributed by atoms with Crippen molar-refractivity contribution in [3.63, 3.8) is 0 Å². The van der Waals surface area contributed by atoms with Gasteiger partial charge in [-0.25, -0.2) is 13.6 Å². The van der Waals surface area contributed by atoms with Crippen molar-refractivity contribution in [3.8, 4) is 0 Å². The Balaban J connectivity index is 2.40. The highest BCUT2D eigenvalue weighted by Crippen LogP contribution is 2.36. The van der Waals surface area contributed by atoms with Crippen LogP contribution in [0.2, 0.25) is 0 Å². The zero-order chi connectivity index (χ0) is 15.3. The molecule has 1 N–H and O–H groups in total. The molecule has 0 spiro atoms. The molecule has 108 valence electrons. The van der Waals surface area contributed by atoms with Gasteiger partial charge in [-0.1, -0.05) is 0 Å². The fourth-order valence-electron chi connectivity index (χ4n) is 1.91. The van der Waals surface area contributed by atoms with Gasteiger partial charge in [0.1, 0.15) is 17.2 Å². The van der Waals surface area contributed by atoms with Crippen molar-refractivity contribution in [2.75, 3.05) is 0 Å². The number of halogens is 2. The van der Waals surface area contributed by atoms with E-state index in [1.807, 2.05) is 27.7 Å². The van der Waals surface area contributed by atoms with Crippen LogP contribution >= 0.6 is 0 Å². The van der Waals surface area contributed by atoms with Crippen LogP contribution in [0.15, 0.2) is 12.1 Å². The molecule has 1 heterocycles. The lowest BCUT2D eigenvalue weighted by Crippen LogP contribution is -2.41. The Hall–Kier alpha value is -1.47. The maximum absolute atomic E-state index is 13.7. The molecule has 0 bridgehead atoms. The van der Waals surface area contributed by atoms with Gasteiger partial charge in [0.25, 0.3) is 0 Å². The lowest BCUT2D eigenvalue weighted by atomic mass is 9.78. The predicted octanol–water partition coefficient (Wildman–Crippen LogP) is 1.96. The number of aromatic carboxylic acids is 1. The van der Waals surface area contributed by atoms with Gasteiger partial charge >= 0.3 is 13.1 Å². The number of rotatable bonds is 2. The average molecular weight is 284 g/mol. The van der Waals surface area contributed by atoms with Crippen LogP contribution in [0.25, 0.3) is 0 Å². The number of carbonyl (C=O) groups is 1. The van der Waals surface area contributed by atoms with Gasteiger partial charge in [0.15, 0.2) is 0 Å². The van der Waals surface area contributed by atoms with Crippen molar-refractivity contribution >= 4 is 18.6 Å². The zero-order valence-corrected chi connectivity index (χ0v) is 11.7. The SMILES string of the molecule is CC1(C)OB(c2cc(F)c(C(=O)O)c(F)c2)OC1(C)C. The van der Waals surface area contributed by atoms with E-state index in [9.17, 15) is 13.6 Å². The highest BCUT2D eigenvalue weighted by molar-refractivity contribution is 6.62. The van der Waals surface area contributed by atoms with Gasteiger partial charge in [-0.05, 0) is 45.3 Å². The summed E-state index contributed by atoms with van der Waals surface area (Å²) in [5.41, 5.74) is -2.15. The zero-order valence-electron chi connectivity index (χ0n) is 11.7. The average Bonchev–Trinajstić information content (AvgIpc) is 2.46. The normalized spacial score (nSPS) is 20.2. The van der Waals surface area contributed by atoms with Gasteiger partial charge < -0.3 is 14.4 Å². The van der Waals surface area contributed by atoms with Crippen LogP contribution in [-0.4, -0.2) is 29.4 Å². The Morgan fingerprint density at radius 2 is 1.50 bits per heavy atom. The minimum absolute atomic E-state index is 0.114. The highest BCUT2D eigenvalue weighted by atomic mass is 19.1. The Morgan fingerprint density at radius 1 is 1.10 bits per heavy atom. The quantitative estimate of drug-likeness (QED) is 0.843. The third-order valence-electron chi connectivity index (χ3n) is 3.80. The summed E-state index contributed by atoms with van der Waals surface area (Å²) in [5.74, 6) is -3.95. The van der Waals surface area contributed by atoms with Gasteiger partial charge in [-0.15, -0.1) is 0 Å². The van der Waals surface area contributed by atoms with E-state index in [2.05, 4.69) is 0 Å². The molecule has 7 heteroatoms. The van der Waals surface area contributed by atoms with Crippen LogP contribution in [0.1, 0.15) is 38.1 Å². The number of hydrogen-bond acceptors (Lipinski definition) is 3. The summed E-state index contributed by atoms with van der Waals surface area (Å²) in [6.45, 7) is 7.24. The topological polar surface area (TPSA) is 55.8 Å². The summed E-state index contributed by atoms with van der Waals surface area (Å²) in [6.07, 6.45) is 0. The summed E-state index contributed by atoms with van der Waals surface area (Å²) < 4.78 is 38.7. The van der Waals surface area contributed by atoms with E-state index in [0.717, 1.165) is 12.1 Å². The lowest BCUT2D eigenvalue weighted by molar-refractivity contribution is 0.00578. The Bertz CT molecular complexity index is 532. The minimum atomic E-state index is -1.65. The molecule has 1 fully saturated rings. The largest absolute Gasteiger partial charge is 0.495 e. The number of benzene rings is 1. The van der Waals surface area contributed by atoms with Gasteiger partial charge in [-0.2, -0.15) is 0 Å². The Kier molecular flexibility index (Phi) is 3.38. The smallest absolute Gasteiger partial charge is 0.477 e. The third-order valence-corrected chi connectivity index (χ3v) is 3.80. The summed E-state index contributed by atoms with van der Waals surface area (Å²) in [4.78, 5) is 10.7. The summed E-state index contributed by atoms with van der Waals surface area (Å²) in [6, 6.07) is 1.85. The first-order valence-electron chi connectivity index (χ1n) is 6.13. The summed E-state index contributed by atoms with van der Waals surface area (Å²) >= 11 is 0. The van der Waals surface area contributed by atoms with Gasteiger partial charge in [0.05, 0.1) is 11.2 Å². The van der Waals surface area contributed by atoms with Crippen molar-refractivity contribution in [1.29, 1.82) is 0 Å². The van der Waals surface area contributed by atoms with E-state index < -0.39 is 41.5 Å². The molecule has 0 atom stereocenters. The molecule has 0 aliphatic carbocycles. The first kappa shape index (κ1) is 14.9. The fourth-order valence-corrected chi connectivity index (χ4v) is 1.91. The molecular formula is C13H15BF2O4. The molecule has 1 aromatic rings. The van der Waals surface area contributed by atoms with Crippen molar-refractivity contribution in [2.45, 2.75) is 38.9 Å². The molecule has 1 saturated heterocycles. The van der Waals surface area contributed by atoms with Gasteiger partial charge in [0, 0.05) is 0 Å². The standard InChI is InChI=1S/C13H15BF2O4/c1-12(2)13(3,4)20-14(19-12)7-5-8(15)10(11(17)18)9(16)6-7/h5-6H,1-4H3,(H,17,18). The minimum Gasteiger partial charge on any atom is -0.477 e. The van der Waals surface area contributed by atoms with E-state index in [1.165, 1.54) is 0 Å². The van der Waals surface area contributed by atoms with E-state index in [0.29, 0.717) is 0 Å². The highest BCUT2D eigenvalue weighted by Gasteiger charge is 2.52. The number of carboxylic acid groups (broad SMARTS) is 1. The van der Waals surface area contributed by atoms with E-state index >= 15 is 0 Å². The monoisotopic (exact) mass is 284 g/mol. The second-order valence-corrected chi connectivity index (χ2v) is 5.75. The second-order valence-electron chi connectivity index (χ2n) is 5.75. The van der Waals surface area contributed by atoms with Crippen molar-refractivity contribution in [3.05, 3.63) is 29.3 Å². The summed E-state index contributed by atoms with van der Waals surface area (Å²) in [7, 11) is -0.938. The fraction of sp³-hybridized carbons (Fsp3) is 0.462. The first-order chi connectivity index (χ1) is 9.05. The second kappa shape index (κ2) is 4.53. The number of carboxylic acids is 1. The molecule has 1 aliphatic heterocycles. The molecule has 0 amide bonds. The van der Waals surface area contributed by atoms with Crippen molar-refractivity contribution < 1.29 is 28.0 Å². The maximum Gasteiger partial charge on any atom is 0.495 e. The molecule has 0 aromatic heterocycles. The molecule has 0 radical (unpaired) electrons. The molecule has 0 unspecified atom stereocenters. The van der Waals surface area contributed by atoms with E-state index in [4.69, 9.17) is 14.4 Å². The lowest BCUT2D eigenvalue weighted by Gasteiger charge is -2.32. The van der Waals surface area contributed by atoms with E-state index in [-0.39, 0.29) is 5.46 Å². The molecule has 0 saturated carbocycles. The van der Waals surface area contributed by atoms with Crippen molar-refractivity contribution in [2.24, 2.45) is 0 Å². The molecule has 1 aromatic carbocycles. The van der Waals surface area contributed by atoms with Crippen LogP contribution in [0.5, 0.6) is 0 Å². The van der Waals surface area contributed by atoms with Gasteiger partial charge in [0.2, 0.25) is 0 Å². The predicted molar refractivity (Wildman–Crippen MR) is 69.0 cm³/mol. The summed E-state index contributed by atoms with van der Waals surface area (Å²) in [5, 5.41) is 8.73. The molecule has 20 heavy (non-hydrogen) atoms. The van der Waals surface area contributed by atoms with Crippen LogP contribution < -0.4 is 5.46 Å².